The number of esters is 2. The molecule has 0 aliphatic rings. The van der Waals surface area contributed by atoms with Crippen molar-refractivity contribution in [3.8, 4) is 5.75 Å². The van der Waals surface area contributed by atoms with Crippen molar-refractivity contribution in [1.82, 2.24) is 0 Å². The molecule has 22 heavy (non-hydrogen) atoms. The Kier molecular flexibility index (Phi) is 7.75. The van der Waals surface area contributed by atoms with Gasteiger partial charge in [-0.05, 0) is 31.9 Å². The van der Waals surface area contributed by atoms with E-state index in [1.54, 1.807) is 31.2 Å². The first-order valence-corrected chi connectivity index (χ1v) is 7.38. The van der Waals surface area contributed by atoms with Crippen LogP contribution in [0.2, 0.25) is 0 Å². The third-order valence-corrected chi connectivity index (χ3v) is 2.95. The monoisotopic (exact) mass is 305 g/mol. The summed E-state index contributed by atoms with van der Waals surface area (Å²) in [4.78, 5) is 22.8. The first kappa shape index (κ1) is 17.8. The lowest BCUT2D eigenvalue weighted by molar-refractivity contribution is -0.139. The number of rotatable bonds is 9. The third kappa shape index (κ3) is 7.47. The lowest BCUT2D eigenvalue weighted by Gasteiger charge is -2.05. The van der Waals surface area contributed by atoms with Crippen LogP contribution >= 0.6 is 0 Å². The van der Waals surface area contributed by atoms with Gasteiger partial charge in [-0.25, -0.2) is 4.79 Å². The fourth-order valence-corrected chi connectivity index (χ4v) is 1.77. The number of benzene rings is 1. The van der Waals surface area contributed by atoms with Crippen LogP contribution in [0.1, 0.15) is 39.0 Å². The van der Waals surface area contributed by atoms with Gasteiger partial charge in [0.25, 0.3) is 0 Å². The number of hydrogen-bond donors (Lipinski definition) is 1. The summed E-state index contributed by atoms with van der Waals surface area (Å²) in [6.45, 7) is 5.52. The lowest BCUT2D eigenvalue weighted by Crippen LogP contribution is -2.08. The summed E-state index contributed by atoms with van der Waals surface area (Å²) < 4.78 is 10.2. The third-order valence-electron chi connectivity index (χ3n) is 2.95. The van der Waals surface area contributed by atoms with Crippen molar-refractivity contribution in [2.45, 2.75) is 39.0 Å². The normalized spacial score (nSPS) is 10.0. The Morgan fingerprint density at radius 3 is 2.59 bits per heavy atom. The topological polar surface area (TPSA) is 78.6 Å². The highest BCUT2D eigenvalue weighted by Crippen LogP contribution is 2.15. The quantitative estimate of drug-likeness (QED) is 0.249. The average molecular weight is 305 g/mol. The van der Waals surface area contributed by atoms with Crippen molar-refractivity contribution < 1.29 is 19.1 Å². The fraction of sp³-hybridized carbons (Fsp3) is 0.412. The smallest absolute Gasteiger partial charge is 0.333 e. The molecule has 0 aromatic heterocycles. The molecule has 0 saturated heterocycles. The molecule has 1 aromatic carbocycles. The van der Waals surface area contributed by atoms with Crippen molar-refractivity contribution in [2.75, 3.05) is 12.3 Å². The highest BCUT2D eigenvalue weighted by atomic mass is 16.5. The molecule has 0 heterocycles. The zero-order chi connectivity index (χ0) is 16.4. The van der Waals surface area contributed by atoms with Crippen LogP contribution in [0.15, 0.2) is 36.4 Å². The van der Waals surface area contributed by atoms with Gasteiger partial charge in [0.05, 0.1) is 6.61 Å². The zero-order valence-electron chi connectivity index (χ0n) is 13.0. The Bertz CT molecular complexity index is 525. The second-order valence-corrected chi connectivity index (χ2v) is 5.13. The van der Waals surface area contributed by atoms with Crippen molar-refractivity contribution >= 4 is 17.6 Å². The number of nitrogens with two attached hydrogens (primary N) is 1. The van der Waals surface area contributed by atoms with E-state index < -0.39 is 0 Å². The number of hydrogen-bond acceptors (Lipinski definition) is 5. The first-order valence-electron chi connectivity index (χ1n) is 7.38. The van der Waals surface area contributed by atoms with E-state index in [0.29, 0.717) is 30.0 Å². The number of anilines is 1. The van der Waals surface area contributed by atoms with Gasteiger partial charge in [0.2, 0.25) is 0 Å². The summed E-state index contributed by atoms with van der Waals surface area (Å²) in [7, 11) is 0. The van der Waals surface area contributed by atoms with Gasteiger partial charge in [0.1, 0.15) is 5.75 Å². The zero-order valence-corrected chi connectivity index (χ0v) is 13.0. The minimum atomic E-state index is -0.356. The second-order valence-electron chi connectivity index (χ2n) is 5.13. The SMILES string of the molecule is C=C(C)C(=O)OCCCCCCC(=O)Oc1cccc(N)c1. The van der Waals surface area contributed by atoms with E-state index in [9.17, 15) is 9.59 Å². The van der Waals surface area contributed by atoms with Crippen LogP contribution < -0.4 is 10.5 Å². The van der Waals surface area contributed by atoms with E-state index in [-0.39, 0.29) is 11.9 Å². The van der Waals surface area contributed by atoms with Gasteiger partial charge >= 0.3 is 11.9 Å². The van der Waals surface area contributed by atoms with Crippen LogP contribution in [0, 0.1) is 0 Å². The predicted octanol–water partition coefficient (Wildman–Crippen LogP) is 3.24. The molecule has 2 N–H and O–H groups in total. The van der Waals surface area contributed by atoms with E-state index in [2.05, 4.69) is 6.58 Å². The molecule has 5 nitrogen and oxygen atoms in total. The first-order chi connectivity index (χ1) is 10.5. The summed E-state index contributed by atoms with van der Waals surface area (Å²) in [5.74, 6) is -0.151. The molecule has 0 atom stereocenters. The molecule has 0 aliphatic heterocycles. The second kappa shape index (κ2) is 9.60. The Balaban J connectivity index is 2.06. The van der Waals surface area contributed by atoms with E-state index >= 15 is 0 Å². The lowest BCUT2D eigenvalue weighted by atomic mass is 10.1. The van der Waals surface area contributed by atoms with Crippen LogP contribution in [0.3, 0.4) is 0 Å². The Morgan fingerprint density at radius 2 is 1.91 bits per heavy atom. The molecule has 0 saturated carbocycles. The molecule has 120 valence electrons. The van der Waals surface area contributed by atoms with Gasteiger partial charge in [-0.1, -0.05) is 25.5 Å². The maximum Gasteiger partial charge on any atom is 0.333 e. The standard InChI is InChI=1S/C17H23NO4/c1-13(2)17(20)21-11-6-4-3-5-10-16(19)22-15-9-7-8-14(18)12-15/h7-9,12H,1,3-6,10-11,18H2,2H3. The van der Waals surface area contributed by atoms with Crippen LogP contribution in [0.25, 0.3) is 0 Å². The van der Waals surface area contributed by atoms with Crippen LogP contribution in [-0.4, -0.2) is 18.5 Å². The van der Waals surface area contributed by atoms with Crippen LogP contribution in [0.4, 0.5) is 5.69 Å². The Morgan fingerprint density at radius 1 is 1.18 bits per heavy atom. The molecule has 0 unspecified atom stereocenters. The summed E-state index contributed by atoms with van der Waals surface area (Å²) in [6.07, 6.45) is 3.67. The summed E-state index contributed by atoms with van der Waals surface area (Å²) in [6, 6.07) is 6.79. The Hall–Kier alpha value is -2.30. The van der Waals surface area contributed by atoms with Gasteiger partial charge in [0, 0.05) is 23.7 Å². The minimum absolute atomic E-state index is 0.265. The number of carbonyl (C=O) groups is 2. The molecule has 5 heteroatoms. The predicted molar refractivity (Wildman–Crippen MR) is 85.3 cm³/mol. The van der Waals surface area contributed by atoms with E-state index in [4.69, 9.17) is 15.2 Å². The molecule has 1 rings (SSSR count). The number of carbonyl (C=O) groups excluding carboxylic acids is 2. The van der Waals surface area contributed by atoms with Gasteiger partial charge in [-0.3, -0.25) is 4.79 Å². The van der Waals surface area contributed by atoms with Gasteiger partial charge in [-0.2, -0.15) is 0 Å². The Labute approximate surface area is 131 Å². The van der Waals surface area contributed by atoms with Crippen molar-refractivity contribution in [3.63, 3.8) is 0 Å². The van der Waals surface area contributed by atoms with Gasteiger partial charge in [-0.15, -0.1) is 0 Å². The van der Waals surface area contributed by atoms with Crippen molar-refractivity contribution in [3.05, 3.63) is 36.4 Å². The molecule has 0 aliphatic carbocycles. The van der Waals surface area contributed by atoms with Gasteiger partial charge < -0.3 is 15.2 Å². The largest absolute Gasteiger partial charge is 0.462 e. The van der Waals surface area contributed by atoms with E-state index in [0.717, 1.165) is 25.7 Å². The molecule has 0 spiro atoms. The number of nitrogen functional groups attached to an aromatic ring is 1. The highest BCUT2D eigenvalue weighted by molar-refractivity contribution is 5.86. The molecular weight excluding hydrogens is 282 g/mol. The van der Waals surface area contributed by atoms with Crippen molar-refractivity contribution in [1.29, 1.82) is 0 Å². The molecule has 1 aromatic rings. The van der Waals surface area contributed by atoms with Crippen LogP contribution in [-0.2, 0) is 14.3 Å². The molecule has 0 fully saturated rings. The maximum absolute atomic E-state index is 11.6. The van der Waals surface area contributed by atoms with Gasteiger partial charge in [0.15, 0.2) is 0 Å². The summed E-state index contributed by atoms with van der Waals surface area (Å²) >= 11 is 0. The molecule has 0 amide bonds. The van der Waals surface area contributed by atoms with Crippen LogP contribution in [0.5, 0.6) is 5.75 Å². The fourth-order valence-electron chi connectivity index (χ4n) is 1.77. The molecule has 0 radical (unpaired) electrons. The van der Waals surface area contributed by atoms with E-state index in [1.807, 2.05) is 0 Å². The summed E-state index contributed by atoms with van der Waals surface area (Å²) in [5.41, 5.74) is 6.58. The van der Waals surface area contributed by atoms with Crippen molar-refractivity contribution in [2.24, 2.45) is 0 Å². The number of ether oxygens (including phenoxy) is 2. The average Bonchev–Trinajstić information content (AvgIpc) is 2.45. The molecular formula is C17H23NO4. The summed E-state index contributed by atoms with van der Waals surface area (Å²) in [5, 5.41) is 0. The minimum Gasteiger partial charge on any atom is -0.462 e. The molecule has 0 bridgehead atoms. The van der Waals surface area contributed by atoms with E-state index in [1.165, 1.54) is 0 Å². The maximum atomic E-state index is 11.6. The number of unbranched alkanes of at least 4 members (excludes halogenated alkanes) is 3. The highest BCUT2D eigenvalue weighted by Gasteiger charge is 2.05.